The van der Waals surface area contributed by atoms with Gasteiger partial charge in [-0.2, -0.15) is 0 Å². The van der Waals surface area contributed by atoms with Crippen molar-refractivity contribution in [2.45, 2.75) is 25.8 Å². The lowest BCUT2D eigenvalue weighted by molar-refractivity contribution is -0.274. The minimum atomic E-state index is -4.72. The molecule has 1 atom stereocenters. The van der Waals surface area contributed by atoms with Crippen LogP contribution in [0.1, 0.15) is 18.9 Å². The molecule has 0 aliphatic carbocycles. The Bertz CT molecular complexity index is 449. The predicted octanol–water partition coefficient (Wildman–Crippen LogP) is 2.94. The van der Waals surface area contributed by atoms with Gasteiger partial charge < -0.3 is 14.6 Å². The fraction of sp³-hybridized carbons (Fsp3) is 0.308. The standard InChI is InChI=1S/C13H13F3O3/c1-2-9(7-11(18)8-17)10-3-5-12(6-4-10)19-13(14,15)16/h3-8,11,18H,2H2,1H3. The van der Waals surface area contributed by atoms with Crippen LogP contribution in [0, 0.1) is 0 Å². The lowest BCUT2D eigenvalue weighted by Gasteiger charge is -2.10. The van der Waals surface area contributed by atoms with Gasteiger partial charge in [-0.15, -0.1) is 13.2 Å². The van der Waals surface area contributed by atoms with Crippen molar-refractivity contribution in [2.24, 2.45) is 0 Å². The van der Waals surface area contributed by atoms with Crippen LogP contribution in [0.5, 0.6) is 5.75 Å². The number of halogens is 3. The summed E-state index contributed by atoms with van der Waals surface area (Å²) in [6.07, 6.45) is -3.69. The van der Waals surface area contributed by atoms with Crippen LogP contribution in [0.15, 0.2) is 30.3 Å². The monoisotopic (exact) mass is 274 g/mol. The smallest absolute Gasteiger partial charge is 0.406 e. The highest BCUT2D eigenvalue weighted by molar-refractivity contribution is 5.71. The number of benzene rings is 1. The maximum Gasteiger partial charge on any atom is 0.573 e. The Morgan fingerprint density at radius 1 is 1.37 bits per heavy atom. The van der Waals surface area contributed by atoms with Gasteiger partial charge in [-0.25, -0.2) is 0 Å². The van der Waals surface area contributed by atoms with Crippen molar-refractivity contribution in [3.63, 3.8) is 0 Å². The fourth-order valence-electron chi connectivity index (χ4n) is 1.53. The van der Waals surface area contributed by atoms with Gasteiger partial charge in [0.25, 0.3) is 0 Å². The first-order valence-electron chi connectivity index (χ1n) is 5.56. The summed E-state index contributed by atoms with van der Waals surface area (Å²) in [7, 11) is 0. The molecular formula is C13H13F3O3. The van der Waals surface area contributed by atoms with Crippen molar-refractivity contribution in [3.8, 4) is 5.75 Å². The van der Waals surface area contributed by atoms with E-state index in [1.165, 1.54) is 30.3 Å². The molecule has 0 aromatic heterocycles. The summed E-state index contributed by atoms with van der Waals surface area (Å²) in [4.78, 5) is 10.4. The summed E-state index contributed by atoms with van der Waals surface area (Å²) < 4.78 is 39.7. The molecule has 0 saturated heterocycles. The Labute approximate surface area is 108 Å². The number of ether oxygens (including phenoxy) is 1. The summed E-state index contributed by atoms with van der Waals surface area (Å²) in [6, 6.07) is 5.24. The van der Waals surface area contributed by atoms with E-state index >= 15 is 0 Å². The molecule has 0 radical (unpaired) electrons. The maximum atomic E-state index is 12.0. The lowest BCUT2D eigenvalue weighted by atomic mass is 10.0. The zero-order valence-corrected chi connectivity index (χ0v) is 10.1. The Morgan fingerprint density at radius 3 is 2.37 bits per heavy atom. The number of hydrogen-bond acceptors (Lipinski definition) is 3. The van der Waals surface area contributed by atoms with Crippen LogP contribution in [0.25, 0.3) is 5.57 Å². The second-order valence-corrected chi connectivity index (χ2v) is 3.74. The summed E-state index contributed by atoms with van der Waals surface area (Å²) in [5.41, 5.74) is 1.29. The van der Waals surface area contributed by atoms with E-state index in [2.05, 4.69) is 4.74 Å². The molecule has 0 aliphatic rings. The quantitative estimate of drug-likeness (QED) is 0.840. The van der Waals surface area contributed by atoms with Crippen LogP contribution >= 0.6 is 0 Å². The number of aldehydes is 1. The molecule has 0 aliphatic heterocycles. The highest BCUT2D eigenvalue weighted by Gasteiger charge is 2.30. The third kappa shape index (κ3) is 5.13. The predicted molar refractivity (Wildman–Crippen MR) is 63.5 cm³/mol. The molecule has 1 aromatic rings. The van der Waals surface area contributed by atoms with Crippen LogP contribution in [-0.2, 0) is 4.79 Å². The van der Waals surface area contributed by atoms with Crippen LogP contribution in [0.2, 0.25) is 0 Å². The normalized spacial score (nSPS) is 14.1. The van der Waals surface area contributed by atoms with Gasteiger partial charge in [-0.3, -0.25) is 0 Å². The molecule has 104 valence electrons. The Kier molecular flexibility index (Phi) is 5.11. The molecule has 1 rings (SSSR count). The molecule has 3 nitrogen and oxygen atoms in total. The highest BCUT2D eigenvalue weighted by atomic mass is 19.4. The van der Waals surface area contributed by atoms with Gasteiger partial charge in [0.2, 0.25) is 0 Å². The molecule has 0 spiro atoms. The zero-order valence-electron chi connectivity index (χ0n) is 10.1. The van der Waals surface area contributed by atoms with Gasteiger partial charge >= 0.3 is 6.36 Å². The average Bonchev–Trinajstić information content (AvgIpc) is 2.35. The van der Waals surface area contributed by atoms with Crippen molar-refractivity contribution < 1.29 is 27.8 Å². The molecular weight excluding hydrogens is 261 g/mol. The summed E-state index contributed by atoms with van der Waals surface area (Å²) >= 11 is 0. The molecule has 19 heavy (non-hydrogen) atoms. The van der Waals surface area contributed by atoms with Crippen LogP contribution in [0.3, 0.4) is 0 Å². The number of aliphatic hydroxyl groups excluding tert-OH is 1. The number of carbonyl (C=O) groups excluding carboxylic acids is 1. The van der Waals surface area contributed by atoms with Crippen LogP contribution in [-0.4, -0.2) is 23.9 Å². The topological polar surface area (TPSA) is 46.5 Å². The van der Waals surface area contributed by atoms with Gasteiger partial charge in [-0.05, 0) is 35.8 Å². The van der Waals surface area contributed by atoms with E-state index in [0.717, 1.165) is 0 Å². The summed E-state index contributed by atoms with van der Waals surface area (Å²) in [6.45, 7) is 1.81. The molecule has 0 heterocycles. The van der Waals surface area contributed by atoms with E-state index in [9.17, 15) is 23.1 Å². The third-order valence-electron chi connectivity index (χ3n) is 2.35. The SMILES string of the molecule is CCC(=CC(O)C=O)c1ccc(OC(F)(F)F)cc1. The Morgan fingerprint density at radius 2 is 1.95 bits per heavy atom. The molecule has 0 saturated carbocycles. The Balaban J connectivity index is 2.91. The van der Waals surface area contributed by atoms with Crippen LogP contribution < -0.4 is 4.74 Å². The molecule has 6 heteroatoms. The lowest BCUT2D eigenvalue weighted by Crippen LogP contribution is -2.17. The first-order valence-corrected chi connectivity index (χ1v) is 5.56. The van der Waals surface area contributed by atoms with Gasteiger partial charge in [0.05, 0.1) is 0 Å². The van der Waals surface area contributed by atoms with Crippen molar-refractivity contribution in [1.29, 1.82) is 0 Å². The zero-order chi connectivity index (χ0) is 14.5. The van der Waals surface area contributed by atoms with Crippen molar-refractivity contribution in [3.05, 3.63) is 35.9 Å². The number of hydrogen-bond donors (Lipinski definition) is 1. The Hall–Kier alpha value is -1.82. The van der Waals surface area contributed by atoms with Gasteiger partial charge in [-0.1, -0.05) is 19.1 Å². The minimum Gasteiger partial charge on any atom is -0.406 e. The number of aliphatic hydroxyl groups is 1. The van der Waals surface area contributed by atoms with Crippen molar-refractivity contribution >= 4 is 11.9 Å². The summed E-state index contributed by atoms with van der Waals surface area (Å²) in [5.74, 6) is -0.317. The third-order valence-corrected chi connectivity index (χ3v) is 2.35. The summed E-state index contributed by atoms with van der Waals surface area (Å²) in [5, 5.41) is 9.21. The second kappa shape index (κ2) is 6.38. The van der Waals surface area contributed by atoms with E-state index < -0.39 is 12.5 Å². The van der Waals surface area contributed by atoms with Gasteiger partial charge in [0.1, 0.15) is 11.9 Å². The highest BCUT2D eigenvalue weighted by Crippen LogP contribution is 2.25. The number of alkyl halides is 3. The number of allylic oxidation sites excluding steroid dienone is 1. The molecule has 0 fully saturated rings. The molecule has 1 unspecified atom stereocenters. The molecule has 1 aromatic carbocycles. The largest absolute Gasteiger partial charge is 0.573 e. The molecule has 0 bridgehead atoms. The van der Waals surface area contributed by atoms with E-state index in [4.69, 9.17) is 0 Å². The number of rotatable bonds is 5. The van der Waals surface area contributed by atoms with Crippen LogP contribution in [0.4, 0.5) is 13.2 Å². The van der Waals surface area contributed by atoms with Crippen molar-refractivity contribution in [1.82, 2.24) is 0 Å². The van der Waals surface area contributed by atoms with E-state index in [0.29, 0.717) is 23.8 Å². The first kappa shape index (κ1) is 15.2. The molecule has 0 amide bonds. The average molecular weight is 274 g/mol. The van der Waals surface area contributed by atoms with Gasteiger partial charge in [0, 0.05) is 0 Å². The number of carbonyl (C=O) groups is 1. The fourth-order valence-corrected chi connectivity index (χ4v) is 1.53. The maximum absolute atomic E-state index is 12.0. The van der Waals surface area contributed by atoms with Gasteiger partial charge in [0.15, 0.2) is 6.29 Å². The van der Waals surface area contributed by atoms with Crippen molar-refractivity contribution in [2.75, 3.05) is 0 Å². The first-order chi connectivity index (χ1) is 8.85. The minimum absolute atomic E-state index is 0.317. The second-order valence-electron chi connectivity index (χ2n) is 3.74. The van der Waals surface area contributed by atoms with E-state index in [1.807, 2.05) is 6.92 Å². The van der Waals surface area contributed by atoms with E-state index in [1.54, 1.807) is 0 Å². The molecule has 1 N–H and O–H groups in total. The van der Waals surface area contributed by atoms with E-state index in [-0.39, 0.29) is 5.75 Å².